The number of aryl methyl sites for hydroxylation is 4. The third kappa shape index (κ3) is 22.2. The topological polar surface area (TPSA) is 547 Å². The summed E-state index contributed by atoms with van der Waals surface area (Å²) in [6.07, 6.45) is 13.1. The van der Waals surface area contributed by atoms with Gasteiger partial charge in [0.2, 0.25) is 5.88 Å². The molecule has 8 amide bonds. The number of aliphatic hydroxyl groups excluding tert-OH is 8. The van der Waals surface area contributed by atoms with Crippen molar-refractivity contribution in [2.24, 2.45) is 0 Å². The van der Waals surface area contributed by atoms with Crippen molar-refractivity contribution in [3.05, 3.63) is 190 Å². The number of hydrogen-bond donors (Lipinski definition) is 12. The minimum absolute atomic E-state index is 0.0263. The Labute approximate surface area is 820 Å². The number of anilines is 12. The quantitative estimate of drug-likeness (QED) is 0.0268. The summed E-state index contributed by atoms with van der Waals surface area (Å²) in [5, 5.41) is 86.8. The molecule has 12 aromatic heterocycles. The molecule has 20 rings (SSSR count). The molecule has 20 heterocycles. The van der Waals surface area contributed by atoms with Gasteiger partial charge in [-0.05, 0) is 144 Å². The smallest absolute Gasteiger partial charge is 0.329 e. The highest BCUT2D eigenvalue weighted by atomic mass is 35.5. The first kappa shape index (κ1) is 97.5. The van der Waals surface area contributed by atoms with Crippen LogP contribution in [0.3, 0.4) is 0 Å². The number of urea groups is 4. The van der Waals surface area contributed by atoms with Crippen LogP contribution in [0.15, 0.2) is 147 Å². The van der Waals surface area contributed by atoms with Crippen molar-refractivity contribution in [3.8, 4) is 68.9 Å². The molecule has 0 unspecified atom stereocenters. The molecule has 8 aliphatic rings. The molecule has 140 heavy (non-hydrogen) atoms. The van der Waals surface area contributed by atoms with E-state index in [2.05, 4.69) is 101 Å². The minimum atomic E-state index is -1.05. The van der Waals surface area contributed by atoms with E-state index in [9.17, 15) is 39.6 Å². The van der Waals surface area contributed by atoms with Crippen LogP contribution < -0.4 is 79.4 Å². The summed E-state index contributed by atoms with van der Waals surface area (Å²) >= 11 is 26.5. The van der Waals surface area contributed by atoms with Crippen LogP contribution in [0.5, 0.6) is 23.9 Å². The Kier molecular flexibility index (Phi) is 30.3. The summed E-state index contributed by atoms with van der Waals surface area (Å²) in [6, 6.07) is 24.8. The van der Waals surface area contributed by atoms with Crippen molar-refractivity contribution in [1.29, 1.82) is 0 Å². The number of carbonyl (C=O) groups excluding carboxylic acids is 4. The van der Waals surface area contributed by atoms with E-state index in [1.54, 1.807) is 68.8 Å². The highest BCUT2D eigenvalue weighted by Gasteiger charge is 2.46. The number of hydrogen-bond acceptors (Lipinski definition) is 36. The summed E-state index contributed by atoms with van der Waals surface area (Å²) in [6.45, 7) is 11.1. The molecule has 12 aromatic rings. The van der Waals surface area contributed by atoms with Crippen molar-refractivity contribution in [3.63, 3.8) is 0 Å². The van der Waals surface area contributed by atoms with Crippen molar-refractivity contribution in [2.45, 2.75) is 102 Å². The van der Waals surface area contributed by atoms with Gasteiger partial charge in [0.25, 0.3) is 0 Å². The van der Waals surface area contributed by atoms with Crippen molar-refractivity contribution < 1.29 is 79.0 Å². The number of nitrogens with one attached hydrogen (secondary N) is 4. The van der Waals surface area contributed by atoms with Crippen LogP contribution in [0, 0.1) is 27.7 Å². The first-order chi connectivity index (χ1) is 67.7. The van der Waals surface area contributed by atoms with E-state index in [-0.39, 0.29) is 122 Å². The van der Waals surface area contributed by atoms with Gasteiger partial charge in [0, 0.05) is 147 Å². The third-order valence-electron chi connectivity index (χ3n) is 23.6. The fourth-order valence-electron chi connectivity index (χ4n) is 17.0. The number of ether oxygens (including phenoxy) is 4. The number of amides is 8. The summed E-state index contributed by atoms with van der Waals surface area (Å²) in [5.41, 5.74) is 12.2. The number of pyridine rings is 8. The molecule has 8 bridgehead atoms. The molecular formula is C92H96Cl4N28O16. The molecular weight excluding hydrogens is 1900 g/mol. The number of carbonyl (C=O) groups is 4. The average Bonchev–Trinajstić information content (AvgIpc) is 1.62. The number of nitrogens with zero attached hydrogens (tertiary/aromatic N) is 24. The first-order valence-electron chi connectivity index (χ1n) is 44.6. The molecule has 0 saturated carbocycles. The standard InChI is InChI=1S/4C23H24ClN7O4/c3*1-13-8-14(2-5-25-13)20-17(24)9-18-21(29-20)31(15-4-7-30(18)10-15)23(34)28-19-3-6-26-22(27-19)35-12-16(33)11-32;1-13-4-14(8-25-7-13)21-17(24)5-18-22(29-21)31(15-2-3-30(18)9-15)23(34)28-19-6-20(27-12-26-19)35-11-16(33)10-32/h3*2-3,5-6,8-9,15-16,32-33H,4,7,10-12H2,1H3,(H,26,27,28,34);4-8,12,15-16,32-33H,2-3,9-11H2,1H3,(H,26,27,28,34)/t2*15-,16+;15-,16-;15-,16+/m0000/s1. The largest absolute Gasteiger partial charge is 0.475 e. The zero-order valence-corrected chi connectivity index (χ0v) is 78.7. The Balaban J connectivity index is 0.000000129. The van der Waals surface area contributed by atoms with Crippen LogP contribution in [0.4, 0.5) is 88.5 Å². The van der Waals surface area contributed by atoms with Crippen LogP contribution in [0.25, 0.3) is 45.0 Å². The number of aliphatic hydroxyl groups is 8. The van der Waals surface area contributed by atoms with Gasteiger partial charge in [0.1, 0.15) is 80.4 Å². The monoisotopic (exact) mass is 1990 g/mol. The molecule has 12 N–H and O–H groups in total. The van der Waals surface area contributed by atoms with Crippen molar-refractivity contribution in [2.75, 3.05) is 166 Å². The normalized spacial score (nSPS) is 17.2. The number of halogens is 4. The SMILES string of the molecule is Cc1cc(-c2nc3c(cc2Cl)N2CC[C@@H](C2)N3C(=O)Nc2ccnc(OC[C@@H](O)CO)n2)ccn1.Cc1cc(-c2nc3c(cc2Cl)N2CC[C@@H](C2)N3C(=O)Nc2ccnc(OC[C@H](O)CO)n2)ccn1.Cc1cc(-c2nc3c(cc2Cl)N2CC[C@@H](C2)N3C(=O)Nc2ccnc(OC[C@H](O)CO)n2)ccn1.Cc1cncc(-c2nc3c(cc2Cl)N2CC[C@@H](C2)N3C(=O)Nc2cc(OC[C@H](O)CO)ncn2)c1. The van der Waals surface area contributed by atoms with Gasteiger partial charge in [-0.1, -0.05) is 46.4 Å². The van der Waals surface area contributed by atoms with Crippen LogP contribution in [0.1, 0.15) is 48.3 Å². The average molecular weight is 1990 g/mol. The van der Waals surface area contributed by atoms with Crippen LogP contribution in [-0.2, 0) is 0 Å². The van der Waals surface area contributed by atoms with Crippen LogP contribution >= 0.6 is 46.4 Å². The minimum Gasteiger partial charge on any atom is -0.475 e. The molecule has 4 saturated heterocycles. The maximum atomic E-state index is 13.5. The Bertz CT molecular complexity index is 5810. The van der Waals surface area contributed by atoms with Gasteiger partial charge in [-0.25, -0.2) is 64.0 Å². The van der Waals surface area contributed by atoms with Crippen LogP contribution in [0.2, 0.25) is 20.1 Å². The van der Waals surface area contributed by atoms with E-state index < -0.39 is 50.8 Å². The van der Waals surface area contributed by atoms with Gasteiger partial charge in [0.15, 0.2) is 23.3 Å². The van der Waals surface area contributed by atoms with Crippen molar-refractivity contribution >= 4 is 140 Å². The molecule has 8 atom stereocenters. The predicted molar refractivity (Wildman–Crippen MR) is 520 cm³/mol. The summed E-state index contributed by atoms with van der Waals surface area (Å²) < 4.78 is 21.2. The first-order valence-corrected chi connectivity index (χ1v) is 46.1. The van der Waals surface area contributed by atoms with Gasteiger partial charge in [0.05, 0.1) is 116 Å². The molecule has 4 fully saturated rings. The second kappa shape index (κ2) is 43.5. The second-order valence-corrected chi connectivity index (χ2v) is 35.3. The molecule has 0 radical (unpaired) electrons. The van der Waals surface area contributed by atoms with Gasteiger partial charge in [-0.3, -0.25) is 60.8 Å². The highest BCUT2D eigenvalue weighted by molar-refractivity contribution is 6.35. The van der Waals surface area contributed by atoms with Gasteiger partial charge in [-0.2, -0.15) is 15.0 Å². The summed E-state index contributed by atoms with van der Waals surface area (Å²) in [5.74, 6) is 3.21. The Morgan fingerprint density at radius 3 is 0.964 bits per heavy atom. The van der Waals surface area contributed by atoms with E-state index in [1.807, 2.05) is 94.4 Å². The summed E-state index contributed by atoms with van der Waals surface area (Å²) in [7, 11) is 0. The van der Waals surface area contributed by atoms with Gasteiger partial charge in [-0.15, -0.1) is 0 Å². The number of rotatable bonds is 24. The predicted octanol–water partition coefficient (Wildman–Crippen LogP) is 9.03. The van der Waals surface area contributed by atoms with E-state index in [0.717, 1.165) is 120 Å². The molecule has 44 nitrogen and oxygen atoms in total. The fourth-order valence-corrected chi connectivity index (χ4v) is 18.0. The Morgan fingerprint density at radius 1 is 0.357 bits per heavy atom. The maximum absolute atomic E-state index is 13.5. The Hall–Kier alpha value is -14.2. The number of aromatic nitrogens is 16. The van der Waals surface area contributed by atoms with E-state index in [0.29, 0.717) is 92.3 Å². The molecule has 0 aliphatic carbocycles. The fraction of sp³-hybridized carbons (Fsp3) is 0.348. The lowest BCUT2D eigenvalue weighted by Crippen LogP contribution is -2.48. The highest BCUT2D eigenvalue weighted by Crippen LogP contribution is 2.49. The Morgan fingerprint density at radius 2 is 0.657 bits per heavy atom. The van der Waals surface area contributed by atoms with Crippen molar-refractivity contribution in [1.82, 2.24) is 79.7 Å². The molecule has 48 heteroatoms. The van der Waals surface area contributed by atoms with Gasteiger partial charge >= 0.3 is 42.2 Å². The van der Waals surface area contributed by atoms with E-state index in [1.165, 1.54) is 31.0 Å². The molecule has 8 aliphatic heterocycles. The number of fused-ring (bicyclic) bond motifs is 16. The van der Waals surface area contributed by atoms with Crippen LogP contribution in [-0.4, -0.2) is 299 Å². The summed E-state index contributed by atoms with van der Waals surface area (Å²) in [4.78, 5) is 138. The third-order valence-corrected chi connectivity index (χ3v) is 24.8. The lowest BCUT2D eigenvalue weighted by molar-refractivity contribution is 0.0505. The molecule has 728 valence electrons. The van der Waals surface area contributed by atoms with E-state index >= 15 is 0 Å². The maximum Gasteiger partial charge on any atom is 0.329 e. The lowest BCUT2D eigenvalue weighted by Gasteiger charge is -2.36. The molecule has 0 aromatic carbocycles. The molecule has 0 spiro atoms. The zero-order valence-electron chi connectivity index (χ0n) is 75.7. The zero-order chi connectivity index (χ0) is 98.1. The second-order valence-electron chi connectivity index (χ2n) is 33.7. The van der Waals surface area contributed by atoms with E-state index in [4.69, 9.17) is 106 Å². The van der Waals surface area contributed by atoms with Gasteiger partial charge < -0.3 is 79.4 Å². The lowest BCUT2D eigenvalue weighted by atomic mass is 10.1.